The average molecular weight is 276 g/mol. The zero-order valence-electron chi connectivity index (χ0n) is 10.3. The number of hydrogen-bond acceptors (Lipinski definition) is 3. The Bertz CT molecular complexity index is 645. The maximum atomic E-state index is 13.0. The van der Waals surface area contributed by atoms with Crippen LogP contribution < -0.4 is 5.32 Å². The molecule has 0 saturated heterocycles. The summed E-state index contributed by atoms with van der Waals surface area (Å²) in [6, 6.07) is 7.69. The summed E-state index contributed by atoms with van der Waals surface area (Å²) in [6.45, 7) is 0.0785. The molecule has 0 aliphatic heterocycles. The highest BCUT2D eigenvalue weighted by Gasteiger charge is 2.17. The third kappa shape index (κ3) is 3.23. The molecule has 0 unspecified atom stereocenters. The number of pyridine rings is 1. The molecule has 1 aromatic heterocycles. The summed E-state index contributed by atoms with van der Waals surface area (Å²) >= 11 is 0. The molecule has 1 aromatic carbocycles. The van der Waals surface area contributed by atoms with Gasteiger partial charge < -0.3 is 5.32 Å². The van der Waals surface area contributed by atoms with Crippen LogP contribution in [-0.4, -0.2) is 16.7 Å². The highest BCUT2D eigenvalue weighted by atomic mass is 19.2. The van der Waals surface area contributed by atoms with Gasteiger partial charge in [0.1, 0.15) is 0 Å². The van der Waals surface area contributed by atoms with Crippen molar-refractivity contribution in [2.45, 2.75) is 6.54 Å². The van der Waals surface area contributed by atoms with Crippen molar-refractivity contribution in [3.8, 4) is 0 Å². The molecule has 0 bridgehead atoms. The molecule has 1 N–H and O–H groups in total. The van der Waals surface area contributed by atoms with E-state index in [2.05, 4.69) is 10.3 Å². The lowest BCUT2D eigenvalue weighted by Crippen LogP contribution is -2.30. The Morgan fingerprint density at radius 3 is 2.55 bits per heavy atom. The zero-order valence-corrected chi connectivity index (χ0v) is 10.3. The standard InChI is InChI=1S/C14H10F2N2O2/c15-11-5-4-9(7-12(11)16)13(19)14(20)18-8-10-3-1-2-6-17-10/h1-7H,8H2,(H,18,20). The van der Waals surface area contributed by atoms with E-state index >= 15 is 0 Å². The molecule has 0 aliphatic rings. The van der Waals surface area contributed by atoms with Gasteiger partial charge >= 0.3 is 0 Å². The molecule has 0 aliphatic carbocycles. The van der Waals surface area contributed by atoms with Gasteiger partial charge in [-0.3, -0.25) is 14.6 Å². The third-order valence-corrected chi connectivity index (χ3v) is 2.54. The predicted octanol–water partition coefficient (Wildman–Crippen LogP) is 1.86. The van der Waals surface area contributed by atoms with Crippen molar-refractivity contribution in [1.29, 1.82) is 0 Å². The monoisotopic (exact) mass is 276 g/mol. The van der Waals surface area contributed by atoms with Crippen LogP contribution >= 0.6 is 0 Å². The lowest BCUT2D eigenvalue weighted by atomic mass is 10.1. The third-order valence-electron chi connectivity index (χ3n) is 2.54. The summed E-state index contributed by atoms with van der Waals surface area (Å²) in [5.41, 5.74) is 0.376. The Labute approximate surface area is 113 Å². The Kier molecular flexibility index (Phi) is 4.14. The molecule has 2 rings (SSSR count). The number of rotatable bonds is 4. The van der Waals surface area contributed by atoms with Crippen molar-refractivity contribution in [2.24, 2.45) is 0 Å². The summed E-state index contributed by atoms with van der Waals surface area (Å²) in [7, 11) is 0. The number of amides is 1. The van der Waals surface area contributed by atoms with Gasteiger partial charge in [-0.15, -0.1) is 0 Å². The number of Topliss-reactive ketones (excluding diaryl/α,β-unsaturated/α-hetero) is 1. The van der Waals surface area contributed by atoms with Gasteiger partial charge in [-0.25, -0.2) is 8.78 Å². The first-order valence-electron chi connectivity index (χ1n) is 5.75. The van der Waals surface area contributed by atoms with Crippen molar-refractivity contribution >= 4 is 11.7 Å². The smallest absolute Gasteiger partial charge is 0.292 e. The quantitative estimate of drug-likeness (QED) is 0.685. The SMILES string of the molecule is O=C(NCc1ccccn1)C(=O)c1ccc(F)c(F)c1. The van der Waals surface area contributed by atoms with Gasteiger partial charge in [0.15, 0.2) is 11.6 Å². The van der Waals surface area contributed by atoms with Crippen LogP contribution in [0.15, 0.2) is 42.6 Å². The number of nitrogens with one attached hydrogen (secondary N) is 1. The van der Waals surface area contributed by atoms with E-state index in [4.69, 9.17) is 0 Å². The van der Waals surface area contributed by atoms with Crippen LogP contribution in [0.5, 0.6) is 0 Å². The second-order valence-corrected chi connectivity index (χ2v) is 3.96. The number of carbonyl (C=O) groups is 2. The average Bonchev–Trinajstić information content (AvgIpc) is 2.48. The molecule has 1 amide bonds. The molecule has 0 spiro atoms. The van der Waals surface area contributed by atoms with Gasteiger partial charge in [0.05, 0.1) is 12.2 Å². The normalized spacial score (nSPS) is 10.1. The number of ketones is 1. The molecule has 102 valence electrons. The van der Waals surface area contributed by atoms with E-state index in [0.29, 0.717) is 11.8 Å². The molecule has 0 saturated carbocycles. The Morgan fingerprint density at radius 2 is 1.90 bits per heavy atom. The van der Waals surface area contributed by atoms with Crippen LogP contribution in [0.3, 0.4) is 0 Å². The molecule has 1 heterocycles. The topological polar surface area (TPSA) is 59.1 Å². The van der Waals surface area contributed by atoms with E-state index < -0.39 is 23.3 Å². The van der Waals surface area contributed by atoms with Gasteiger partial charge in [0, 0.05) is 11.8 Å². The van der Waals surface area contributed by atoms with E-state index in [9.17, 15) is 18.4 Å². The molecule has 2 aromatic rings. The predicted molar refractivity (Wildman–Crippen MR) is 66.8 cm³/mol. The molecule has 4 nitrogen and oxygen atoms in total. The Balaban J connectivity index is 2.02. The van der Waals surface area contributed by atoms with E-state index in [1.54, 1.807) is 24.4 Å². The second-order valence-electron chi connectivity index (χ2n) is 3.96. The summed E-state index contributed by atoms with van der Waals surface area (Å²) in [4.78, 5) is 27.3. The summed E-state index contributed by atoms with van der Waals surface area (Å²) in [5.74, 6) is -4.08. The first-order chi connectivity index (χ1) is 9.58. The molecule has 20 heavy (non-hydrogen) atoms. The van der Waals surface area contributed by atoms with E-state index in [1.807, 2.05) is 0 Å². The number of halogens is 2. The van der Waals surface area contributed by atoms with E-state index in [0.717, 1.165) is 12.1 Å². The minimum Gasteiger partial charge on any atom is -0.344 e. The lowest BCUT2D eigenvalue weighted by molar-refractivity contribution is -0.117. The number of hydrogen-bond donors (Lipinski definition) is 1. The van der Waals surface area contributed by atoms with E-state index in [1.165, 1.54) is 0 Å². The largest absolute Gasteiger partial charge is 0.344 e. The summed E-state index contributed by atoms with van der Waals surface area (Å²) in [5, 5.41) is 2.36. The zero-order chi connectivity index (χ0) is 14.5. The maximum Gasteiger partial charge on any atom is 0.292 e. The number of benzene rings is 1. The highest BCUT2D eigenvalue weighted by molar-refractivity contribution is 6.42. The fourth-order valence-corrected chi connectivity index (χ4v) is 1.52. The van der Waals surface area contributed by atoms with Gasteiger partial charge in [0.25, 0.3) is 5.91 Å². The van der Waals surface area contributed by atoms with Gasteiger partial charge in [-0.1, -0.05) is 6.07 Å². The highest BCUT2D eigenvalue weighted by Crippen LogP contribution is 2.09. The number of aromatic nitrogens is 1. The van der Waals surface area contributed by atoms with Crippen LogP contribution in [-0.2, 0) is 11.3 Å². The molecular formula is C14H10F2N2O2. The number of nitrogens with zero attached hydrogens (tertiary/aromatic N) is 1. The van der Waals surface area contributed by atoms with Crippen molar-refractivity contribution in [3.63, 3.8) is 0 Å². The van der Waals surface area contributed by atoms with Gasteiger partial charge in [0.2, 0.25) is 5.78 Å². The van der Waals surface area contributed by atoms with Crippen LogP contribution in [0.25, 0.3) is 0 Å². The maximum absolute atomic E-state index is 13.0. The van der Waals surface area contributed by atoms with Crippen molar-refractivity contribution in [1.82, 2.24) is 10.3 Å². The van der Waals surface area contributed by atoms with Crippen LogP contribution in [0.4, 0.5) is 8.78 Å². The molecular weight excluding hydrogens is 266 g/mol. The number of carbonyl (C=O) groups excluding carboxylic acids is 2. The van der Waals surface area contributed by atoms with Crippen LogP contribution in [0.1, 0.15) is 16.1 Å². The van der Waals surface area contributed by atoms with Gasteiger partial charge in [-0.2, -0.15) is 0 Å². The molecule has 6 heteroatoms. The van der Waals surface area contributed by atoms with E-state index in [-0.39, 0.29) is 12.1 Å². The molecule has 0 atom stereocenters. The fourth-order valence-electron chi connectivity index (χ4n) is 1.52. The summed E-state index contributed by atoms with van der Waals surface area (Å²) in [6.07, 6.45) is 1.55. The Hall–Kier alpha value is -2.63. The first-order valence-corrected chi connectivity index (χ1v) is 5.75. The first kappa shape index (κ1) is 13.8. The summed E-state index contributed by atoms with van der Waals surface area (Å²) < 4.78 is 25.7. The molecule has 0 fully saturated rings. The van der Waals surface area contributed by atoms with Crippen molar-refractivity contribution in [2.75, 3.05) is 0 Å². The van der Waals surface area contributed by atoms with Gasteiger partial charge in [-0.05, 0) is 30.3 Å². The van der Waals surface area contributed by atoms with Crippen molar-refractivity contribution < 1.29 is 18.4 Å². The fraction of sp³-hybridized carbons (Fsp3) is 0.0714. The second kappa shape index (κ2) is 6.01. The molecule has 0 radical (unpaired) electrons. The lowest BCUT2D eigenvalue weighted by Gasteiger charge is -2.04. The van der Waals surface area contributed by atoms with Crippen LogP contribution in [0, 0.1) is 11.6 Å². The minimum atomic E-state index is -1.17. The van der Waals surface area contributed by atoms with Crippen LogP contribution in [0.2, 0.25) is 0 Å². The minimum absolute atomic E-state index is 0.0785. The van der Waals surface area contributed by atoms with Crippen molar-refractivity contribution in [3.05, 3.63) is 65.5 Å². The Morgan fingerprint density at radius 1 is 1.10 bits per heavy atom.